The first-order valence-electron chi connectivity index (χ1n) is 8.30. The molecule has 1 amide bonds. The summed E-state index contributed by atoms with van der Waals surface area (Å²) >= 11 is 0. The van der Waals surface area contributed by atoms with Gasteiger partial charge >= 0.3 is 5.97 Å². The Kier molecular flexibility index (Phi) is 3.98. The Labute approximate surface area is 127 Å². The van der Waals surface area contributed by atoms with E-state index in [4.69, 9.17) is 0 Å². The molecular formula is C17H27NO3. The molecule has 0 aliphatic heterocycles. The van der Waals surface area contributed by atoms with E-state index in [1.54, 1.807) is 4.90 Å². The van der Waals surface area contributed by atoms with Crippen LogP contribution in [0.25, 0.3) is 0 Å². The number of carbonyl (C=O) groups excluding carboxylic acids is 2. The van der Waals surface area contributed by atoms with Crippen molar-refractivity contribution in [1.82, 2.24) is 4.90 Å². The Morgan fingerprint density at radius 3 is 2.10 bits per heavy atom. The average molecular weight is 293 g/mol. The third kappa shape index (κ3) is 3.09. The first-order valence-corrected chi connectivity index (χ1v) is 8.30. The van der Waals surface area contributed by atoms with Gasteiger partial charge in [-0.05, 0) is 61.7 Å². The van der Waals surface area contributed by atoms with Gasteiger partial charge in [0.05, 0.1) is 13.5 Å². The van der Waals surface area contributed by atoms with E-state index >= 15 is 0 Å². The zero-order chi connectivity index (χ0) is 15.0. The minimum atomic E-state index is -0.246. The van der Waals surface area contributed by atoms with Crippen molar-refractivity contribution >= 4 is 11.9 Å². The fraction of sp³-hybridized carbons (Fsp3) is 0.882. The summed E-state index contributed by atoms with van der Waals surface area (Å²) in [5.41, 5.74) is 0.283. The lowest BCUT2D eigenvalue weighted by Gasteiger charge is -2.56. The van der Waals surface area contributed by atoms with Gasteiger partial charge in [0, 0.05) is 20.0 Å². The minimum absolute atomic E-state index is 0.209. The van der Waals surface area contributed by atoms with Crippen LogP contribution in [0, 0.1) is 23.2 Å². The average Bonchev–Trinajstić information content (AvgIpc) is 2.42. The lowest BCUT2D eigenvalue weighted by Crippen LogP contribution is -2.48. The summed E-state index contributed by atoms with van der Waals surface area (Å²) in [5, 5.41) is 0. The summed E-state index contributed by atoms with van der Waals surface area (Å²) in [7, 11) is 3.20. The third-order valence-corrected chi connectivity index (χ3v) is 6.00. The summed E-state index contributed by atoms with van der Waals surface area (Å²) < 4.78 is 4.64. The van der Waals surface area contributed by atoms with Crippen molar-refractivity contribution in [3.05, 3.63) is 0 Å². The van der Waals surface area contributed by atoms with E-state index < -0.39 is 0 Å². The molecule has 4 saturated carbocycles. The van der Waals surface area contributed by atoms with E-state index in [0.29, 0.717) is 19.4 Å². The van der Waals surface area contributed by atoms with Crippen LogP contribution >= 0.6 is 0 Å². The highest BCUT2D eigenvalue weighted by Gasteiger charge is 2.51. The lowest BCUT2D eigenvalue weighted by atomic mass is 9.49. The summed E-state index contributed by atoms with van der Waals surface area (Å²) in [5.74, 6) is 2.60. The van der Waals surface area contributed by atoms with Gasteiger partial charge in [-0.25, -0.2) is 0 Å². The molecule has 0 aromatic rings. The van der Waals surface area contributed by atoms with Crippen LogP contribution in [0.5, 0.6) is 0 Å². The van der Waals surface area contributed by atoms with Gasteiger partial charge in [-0.15, -0.1) is 0 Å². The number of rotatable bonds is 5. The Morgan fingerprint density at radius 2 is 1.62 bits per heavy atom. The van der Waals surface area contributed by atoms with Gasteiger partial charge in [-0.2, -0.15) is 0 Å². The van der Waals surface area contributed by atoms with Crippen LogP contribution in [-0.2, 0) is 14.3 Å². The van der Waals surface area contributed by atoms with E-state index in [1.165, 1.54) is 45.6 Å². The van der Waals surface area contributed by atoms with Crippen molar-refractivity contribution in [2.24, 2.45) is 23.2 Å². The number of carbonyl (C=O) groups is 2. The van der Waals surface area contributed by atoms with Gasteiger partial charge in [0.1, 0.15) is 0 Å². The molecule has 0 aromatic carbocycles. The van der Waals surface area contributed by atoms with E-state index in [-0.39, 0.29) is 17.3 Å². The topological polar surface area (TPSA) is 46.6 Å². The molecule has 0 N–H and O–H groups in total. The Morgan fingerprint density at radius 1 is 1.10 bits per heavy atom. The number of hydrogen-bond donors (Lipinski definition) is 0. The molecule has 0 radical (unpaired) electrons. The fourth-order valence-electron chi connectivity index (χ4n) is 5.45. The lowest BCUT2D eigenvalue weighted by molar-refractivity contribution is -0.142. The summed E-state index contributed by atoms with van der Waals surface area (Å²) in [4.78, 5) is 25.4. The predicted octanol–water partition coefficient (Wildman–Crippen LogP) is 2.61. The number of esters is 1. The SMILES string of the molecule is COC(=O)CCN(C)C(=O)CC12CC3CC(CC(C3)C1)C2. The maximum absolute atomic E-state index is 12.5. The summed E-state index contributed by atoms with van der Waals surface area (Å²) in [6.45, 7) is 0.470. The van der Waals surface area contributed by atoms with Crippen LogP contribution < -0.4 is 0 Å². The molecule has 0 saturated heterocycles. The van der Waals surface area contributed by atoms with Gasteiger partial charge in [0.2, 0.25) is 5.91 Å². The zero-order valence-corrected chi connectivity index (χ0v) is 13.3. The minimum Gasteiger partial charge on any atom is -0.469 e. The second kappa shape index (κ2) is 5.62. The van der Waals surface area contributed by atoms with Crippen molar-refractivity contribution in [1.29, 1.82) is 0 Å². The van der Waals surface area contributed by atoms with Crippen LogP contribution in [0.4, 0.5) is 0 Å². The number of hydrogen-bond acceptors (Lipinski definition) is 3. The van der Waals surface area contributed by atoms with Crippen molar-refractivity contribution in [2.45, 2.75) is 51.4 Å². The van der Waals surface area contributed by atoms with Crippen LogP contribution in [0.15, 0.2) is 0 Å². The Hall–Kier alpha value is -1.06. The maximum Gasteiger partial charge on any atom is 0.307 e. The second-order valence-electron chi connectivity index (χ2n) is 7.74. The Balaban J connectivity index is 1.56. The standard InChI is InChI=1S/C17H27NO3/c1-18(4-3-16(20)21-2)15(19)11-17-8-12-5-13(9-17)7-14(6-12)10-17/h12-14H,3-11H2,1-2H3. The molecule has 0 unspecified atom stereocenters. The van der Waals surface area contributed by atoms with Crippen molar-refractivity contribution in [3.63, 3.8) is 0 Å². The van der Waals surface area contributed by atoms with Gasteiger partial charge in [-0.3, -0.25) is 9.59 Å². The van der Waals surface area contributed by atoms with Crippen LogP contribution in [0.2, 0.25) is 0 Å². The smallest absolute Gasteiger partial charge is 0.307 e. The molecule has 4 aliphatic rings. The summed E-state index contributed by atoms with van der Waals surface area (Å²) in [6.07, 6.45) is 8.98. The van der Waals surface area contributed by atoms with Gasteiger partial charge in [0.15, 0.2) is 0 Å². The molecule has 0 spiro atoms. The highest BCUT2D eigenvalue weighted by molar-refractivity contribution is 5.77. The molecule has 4 bridgehead atoms. The van der Waals surface area contributed by atoms with Crippen molar-refractivity contribution in [2.75, 3.05) is 20.7 Å². The third-order valence-electron chi connectivity index (χ3n) is 6.00. The fourth-order valence-corrected chi connectivity index (χ4v) is 5.45. The first-order chi connectivity index (χ1) is 9.99. The van der Waals surface area contributed by atoms with Gasteiger partial charge in [0.25, 0.3) is 0 Å². The number of ether oxygens (including phenoxy) is 1. The highest BCUT2D eigenvalue weighted by atomic mass is 16.5. The van der Waals surface area contributed by atoms with Crippen LogP contribution in [-0.4, -0.2) is 37.5 Å². The molecule has 4 rings (SSSR count). The normalized spacial score (nSPS) is 36.6. The van der Waals surface area contributed by atoms with Crippen molar-refractivity contribution in [3.8, 4) is 0 Å². The Bertz CT molecular complexity index is 396. The molecule has 4 fully saturated rings. The summed E-state index contributed by atoms with van der Waals surface area (Å²) in [6, 6.07) is 0. The largest absolute Gasteiger partial charge is 0.469 e. The molecule has 21 heavy (non-hydrogen) atoms. The highest BCUT2D eigenvalue weighted by Crippen LogP contribution is 2.61. The number of amides is 1. The molecule has 4 aliphatic carbocycles. The van der Waals surface area contributed by atoms with E-state index in [1.807, 2.05) is 7.05 Å². The van der Waals surface area contributed by atoms with Gasteiger partial charge < -0.3 is 9.64 Å². The van der Waals surface area contributed by atoms with E-state index in [0.717, 1.165) is 17.8 Å². The van der Waals surface area contributed by atoms with Crippen LogP contribution in [0.1, 0.15) is 51.4 Å². The predicted molar refractivity (Wildman–Crippen MR) is 79.5 cm³/mol. The molecule has 118 valence electrons. The number of methoxy groups -OCH3 is 1. The molecule has 0 atom stereocenters. The quantitative estimate of drug-likeness (QED) is 0.732. The molecule has 4 nitrogen and oxygen atoms in total. The van der Waals surface area contributed by atoms with E-state index in [2.05, 4.69) is 4.74 Å². The second-order valence-corrected chi connectivity index (χ2v) is 7.74. The molecular weight excluding hydrogens is 266 g/mol. The monoisotopic (exact) mass is 293 g/mol. The molecule has 4 heteroatoms. The maximum atomic E-state index is 12.5. The van der Waals surface area contributed by atoms with E-state index in [9.17, 15) is 9.59 Å². The molecule has 0 heterocycles. The van der Waals surface area contributed by atoms with Crippen LogP contribution in [0.3, 0.4) is 0 Å². The molecule has 0 aromatic heterocycles. The van der Waals surface area contributed by atoms with Crippen molar-refractivity contribution < 1.29 is 14.3 Å². The number of nitrogens with zero attached hydrogens (tertiary/aromatic N) is 1. The van der Waals surface area contributed by atoms with Gasteiger partial charge in [-0.1, -0.05) is 0 Å². The zero-order valence-electron chi connectivity index (χ0n) is 13.3. The first kappa shape index (κ1) is 14.9.